The third kappa shape index (κ3) is 3.35. The summed E-state index contributed by atoms with van der Waals surface area (Å²) in [5.74, 6) is 3.45. The summed E-state index contributed by atoms with van der Waals surface area (Å²) in [5.41, 5.74) is 0.223. The maximum atomic E-state index is 12.7. The molecule has 2 fully saturated rings. The van der Waals surface area contributed by atoms with Crippen LogP contribution in [0.15, 0.2) is 0 Å². The molecule has 1 atom stereocenters. The number of carbonyl (C=O) groups is 1. The fourth-order valence-corrected chi connectivity index (χ4v) is 4.39. The minimum Gasteiger partial charge on any atom is -0.341 e. The normalized spacial score (nSPS) is 23.1. The Morgan fingerprint density at radius 1 is 1.29 bits per heavy atom. The standard InChI is InChI=1S/C19H32N4O/c1-13(2)7-8-16(24)23-11-15(19(12-23)9-5-6-10-19)18-20-17(14(3)4)21-22-18/h13-15H,5-12H2,1-4H3,(H,20,21,22). The zero-order valence-corrected chi connectivity index (χ0v) is 15.6. The highest BCUT2D eigenvalue weighted by molar-refractivity contribution is 5.76. The van der Waals surface area contributed by atoms with Crippen molar-refractivity contribution in [3.05, 3.63) is 11.6 Å². The lowest BCUT2D eigenvalue weighted by Gasteiger charge is -2.28. The second-order valence-electron chi connectivity index (χ2n) is 8.56. The second-order valence-corrected chi connectivity index (χ2v) is 8.56. The summed E-state index contributed by atoms with van der Waals surface area (Å²) in [6, 6.07) is 0. The Morgan fingerprint density at radius 3 is 2.58 bits per heavy atom. The van der Waals surface area contributed by atoms with Gasteiger partial charge in [0.05, 0.1) is 0 Å². The summed E-state index contributed by atoms with van der Waals surface area (Å²) in [6.45, 7) is 10.3. The summed E-state index contributed by atoms with van der Waals surface area (Å²) in [4.78, 5) is 19.5. The topological polar surface area (TPSA) is 61.9 Å². The molecule has 5 nitrogen and oxygen atoms in total. The lowest BCUT2D eigenvalue weighted by molar-refractivity contribution is -0.130. The average Bonchev–Trinajstić information content (AvgIpc) is 3.25. The Labute approximate surface area is 145 Å². The molecule has 0 aromatic carbocycles. The predicted octanol–water partition coefficient (Wildman–Crippen LogP) is 3.85. The molecule has 24 heavy (non-hydrogen) atoms. The minimum atomic E-state index is 0.223. The van der Waals surface area contributed by atoms with Gasteiger partial charge in [-0.05, 0) is 30.6 Å². The van der Waals surface area contributed by atoms with E-state index in [9.17, 15) is 4.79 Å². The Kier molecular flexibility index (Phi) is 4.97. The predicted molar refractivity (Wildman–Crippen MR) is 94.8 cm³/mol. The zero-order valence-electron chi connectivity index (χ0n) is 15.6. The number of H-pyrrole nitrogens is 1. The first-order chi connectivity index (χ1) is 11.4. The Balaban J connectivity index is 1.77. The number of hydrogen-bond donors (Lipinski definition) is 1. The van der Waals surface area contributed by atoms with E-state index in [-0.39, 0.29) is 5.41 Å². The van der Waals surface area contributed by atoms with Crippen molar-refractivity contribution in [3.8, 4) is 0 Å². The first-order valence-corrected chi connectivity index (χ1v) is 9.61. The summed E-state index contributed by atoms with van der Waals surface area (Å²) in [6.07, 6.45) is 6.62. The number of likely N-dealkylation sites (tertiary alicyclic amines) is 1. The van der Waals surface area contributed by atoms with Gasteiger partial charge in [-0.25, -0.2) is 4.98 Å². The fraction of sp³-hybridized carbons (Fsp3) is 0.842. The van der Waals surface area contributed by atoms with Gasteiger partial charge in [-0.3, -0.25) is 9.89 Å². The van der Waals surface area contributed by atoms with E-state index in [0.717, 1.165) is 31.2 Å². The molecule has 1 spiro atoms. The highest BCUT2D eigenvalue weighted by Crippen LogP contribution is 2.52. The van der Waals surface area contributed by atoms with Crippen molar-refractivity contribution in [2.45, 2.75) is 78.1 Å². The number of rotatable bonds is 5. The number of nitrogens with zero attached hydrogens (tertiary/aromatic N) is 3. The van der Waals surface area contributed by atoms with Crippen molar-refractivity contribution < 1.29 is 4.79 Å². The lowest BCUT2D eigenvalue weighted by Crippen LogP contribution is -2.31. The molecule has 134 valence electrons. The maximum Gasteiger partial charge on any atom is 0.222 e. The molecule has 5 heteroatoms. The van der Waals surface area contributed by atoms with Crippen LogP contribution in [0.3, 0.4) is 0 Å². The molecule has 2 aliphatic rings. The van der Waals surface area contributed by atoms with E-state index >= 15 is 0 Å². The van der Waals surface area contributed by atoms with Crippen molar-refractivity contribution in [3.63, 3.8) is 0 Å². The van der Waals surface area contributed by atoms with Crippen LogP contribution in [-0.2, 0) is 4.79 Å². The molecule has 1 aromatic rings. The van der Waals surface area contributed by atoms with Gasteiger partial charge in [0.2, 0.25) is 5.91 Å². The molecule has 1 aromatic heterocycles. The maximum absolute atomic E-state index is 12.7. The van der Waals surface area contributed by atoms with Gasteiger partial charge in [-0.15, -0.1) is 0 Å². The van der Waals surface area contributed by atoms with Crippen LogP contribution >= 0.6 is 0 Å². The van der Waals surface area contributed by atoms with E-state index in [1.165, 1.54) is 25.7 Å². The van der Waals surface area contributed by atoms with Gasteiger partial charge in [0, 0.05) is 31.3 Å². The van der Waals surface area contributed by atoms with Crippen LogP contribution in [0.4, 0.5) is 0 Å². The smallest absolute Gasteiger partial charge is 0.222 e. The van der Waals surface area contributed by atoms with E-state index in [0.29, 0.717) is 30.1 Å². The fourth-order valence-electron chi connectivity index (χ4n) is 4.39. The average molecular weight is 332 g/mol. The van der Waals surface area contributed by atoms with E-state index in [4.69, 9.17) is 4.98 Å². The molecule has 0 bridgehead atoms. The second kappa shape index (κ2) is 6.85. The first kappa shape index (κ1) is 17.4. The largest absolute Gasteiger partial charge is 0.341 e. The molecule has 1 N–H and O–H groups in total. The Morgan fingerprint density at radius 2 is 2.00 bits per heavy atom. The van der Waals surface area contributed by atoms with Gasteiger partial charge in [0.15, 0.2) is 5.82 Å². The number of aromatic nitrogens is 3. The SMILES string of the molecule is CC(C)CCC(=O)N1CC(c2nc(C(C)C)n[nH]2)C2(CCCC2)C1. The minimum absolute atomic E-state index is 0.223. The van der Waals surface area contributed by atoms with Gasteiger partial charge in [-0.1, -0.05) is 40.5 Å². The number of carbonyl (C=O) groups excluding carboxylic acids is 1. The van der Waals surface area contributed by atoms with Crippen molar-refractivity contribution in [1.29, 1.82) is 0 Å². The van der Waals surface area contributed by atoms with Gasteiger partial charge < -0.3 is 4.90 Å². The van der Waals surface area contributed by atoms with Crippen molar-refractivity contribution >= 4 is 5.91 Å². The number of nitrogens with one attached hydrogen (secondary N) is 1. The van der Waals surface area contributed by atoms with Crippen LogP contribution in [0.5, 0.6) is 0 Å². The molecular weight excluding hydrogens is 300 g/mol. The first-order valence-electron chi connectivity index (χ1n) is 9.61. The number of amides is 1. The summed E-state index contributed by atoms with van der Waals surface area (Å²) >= 11 is 0. The van der Waals surface area contributed by atoms with Gasteiger partial charge >= 0.3 is 0 Å². The molecule has 0 radical (unpaired) electrons. The lowest BCUT2D eigenvalue weighted by atomic mass is 9.76. The van der Waals surface area contributed by atoms with E-state index in [1.54, 1.807) is 0 Å². The summed E-state index contributed by atoms with van der Waals surface area (Å²) in [7, 11) is 0. The van der Waals surface area contributed by atoms with Gasteiger partial charge in [0.25, 0.3) is 0 Å². The monoisotopic (exact) mass is 332 g/mol. The van der Waals surface area contributed by atoms with Crippen LogP contribution in [0, 0.1) is 11.3 Å². The Bertz CT molecular complexity index is 572. The molecule has 2 heterocycles. The third-order valence-electron chi connectivity index (χ3n) is 5.90. The molecular formula is C19H32N4O. The van der Waals surface area contributed by atoms with Crippen LogP contribution in [0.1, 0.15) is 89.7 Å². The molecule has 1 saturated carbocycles. The van der Waals surface area contributed by atoms with Crippen molar-refractivity contribution in [1.82, 2.24) is 20.1 Å². The summed E-state index contributed by atoms with van der Waals surface area (Å²) in [5, 5.41) is 7.60. The molecule has 3 rings (SSSR count). The zero-order chi connectivity index (χ0) is 17.3. The van der Waals surface area contributed by atoms with Crippen LogP contribution in [0.25, 0.3) is 0 Å². The van der Waals surface area contributed by atoms with Crippen molar-refractivity contribution in [2.24, 2.45) is 11.3 Å². The quantitative estimate of drug-likeness (QED) is 0.891. The molecule has 1 amide bonds. The van der Waals surface area contributed by atoms with E-state index in [2.05, 4.69) is 42.8 Å². The highest BCUT2D eigenvalue weighted by atomic mass is 16.2. The van der Waals surface area contributed by atoms with Crippen LogP contribution < -0.4 is 0 Å². The molecule has 1 unspecified atom stereocenters. The Hall–Kier alpha value is -1.39. The van der Waals surface area contributed by atoms with E-state index < -0.39 is 0 Å². The van der Waals surface area contributed by atoms with Crippen molar-refractivity contribution in [2.75, 3.05) is 13.1 Å². The third-order valence-corrected chi connectivity index (χ3v) is 5.90. The number of aromatic amines is 1. The molecule has 1 aliphatic carbocycles. The van der Waals surface area contributed by atoms with Crippen LogP contribution in [0.2, 0.25) is 0 Å². The van der Waals surface area contributed by atoms with Crippen LogP contribution in [-0.4, -0.2) is 39.1 Å². The molecule has 1 saturated heterocycles. The van der Waals surface area contributed by atoms with Gasteiger partial charge in [0.1, 0.15) is 5.82 Å². The molecule has 1 aliphatic heterocycles. The van der Waals surface area contributed by atoms with Gasteiger partial charge in [-0.2, -0.15) is 5.10 Å². The van der Waals surface area contributed by atoms with E-state index in [1.807, 2.05) is 0 Å². The highest BCUT2D eigenvalue weighted by Gasteiger charge is 2.51. The summed E-state index contributed by atoms with van der Waals surface area (Å²) < 4.78 is 0. The number of hydrogen-bond acceptors (Lipinski definition) is 3.